The summed E-state index contributed by atoms with van der Waals surface area (Å²) in [4.78, 5) is 47.1. The van der Waals surface area contributed by atoms with E-state index in [4.69, 9.17) is 37.7 Å². The fourth-order valence-corrected chi connectivity index (χ4v) is 3.77. The summed E-state index contributed by atoms with van der Waals surface area (Å²) in [5.41, 5.74) is 1.31. The molecule has 1 aromatic heterocycles. The summed E-state index contributed by atoms with van der Waals surface area (Å²) in [7, 11) is 1.56. The van der Waals surface area contributed by atoms with Gasteiger partial charge in [0.25, 0.3) is 0 Å². The Kier molecular flexibility index (Phi) is 9.79. The Labute approximate surface area is 218 Å². The van der Waals surface area contributed by atoms with Crippen molar-refractivity contribution in [3.8, 4) is 17.0 Å². The van der Waals surface area contributed by atoms with Crippen molar-refractivity contribution in [3.05, 3.63) is 36.1 Å². The third kappa shape index (κ3) is 7.76. The maximum atomic E-state index is 11.9. The number of nitrogens with zero attached hydrogens (tertiary/aromatic N) is 1. The Morgan fingerprint density at radius 2 is 1.45 bits per heavy atom. The molecule has 0 bridgehead atoms. The van der Waals surface area contributed by atoms with Gasteiger partial charge in [-0.05, 0) is 24.3 Å². The van der Waals surface area contributed by atoms with E-state index in [1.807, 2.05) is 0 Å². The first-order chi connectivity index (χ1) is 18.1. The van der Waals surface area contributed by atoms with Crippen LogP contribution in [-0.4, -0.2) is 73.5 Å². The van der Waals surface area contributed by atoms with Crippen molar-refractivity contribution < 1.29 is 56.9 Å². The SMILES string of the molecule is COc1ccc(-c2cc(CO[C@@H]3O[C@@H](COC(C)=O)[C@H](OC(C)=O)[C@H](OC(C)=O)[C@@H]3OC(C)=O)on2)cc1. The van der Waals surface area contributed by atoms with Crippen LogP contribution >= 0.6 is 0 Å². The summed E-state index contributed by atoms with van der Waals surface area (Å²) in [5, 5.41) is 4.03. The molecule has 0 aliphatic carbocycles. The van der Waals surface area contributed by atoms with Gasteiger partial charge < -0.3 is 37.7 Å². The topological polar surface area (TPSA) is 159 Å². The van der Waals surface area contributed by atoms with Crippen LogP contribution in [0.25, 0.3) is 11.3 Å². The van der Waals surface area contributed by atoms with Crippen molar-refractivity contribution >= 4 is 23.9 Å². The number of methoxy groups -OCH3 is 1. The fourth-order valence-electron chi connectivity index (χ4n) is 3.77. The number of ether oxygens (including phenoxy) is 7. The molecule has 1 aliphatic rings. The van der Waals surface area contributed by atoms with Crippen LogP contribution in [0.15, 0.2) is 34.9 Å². The van der Waals surface area contributed by atoms with Crippen LogP contribution < -0.4 is 4.74 Å². The van der Waals surface area contributed by atoms with E-state index >= 15 is 0 Å². The van der Waals surface area contributed by atoms with Crippen LogP contribution in [0, 0.1) is 0 Å². The highest BCUT2D eigenvalue weighted by atomic mass is 16.7. The van der Waals surface area contributed by atoms with Gasteiger partial charge in [-0.2, -0.15) is 0 Å². The second kappa shape index (κ2) is 13.0. The van der Waals surface area contributed by atoms with Gasteiger partial charge in [0, 0.05) is 39.3 Å². The lowest BCUT2D eigenvalue weighted by molar-refractivity contribution is -0.311. The Morgan fingerprint density at radius 3 is 2.03 bits per heavy atom. The Balaban J connectivity index is 1.84. The first-order valence-electron chi connectivity index (χ1n) is 11.6. The minimum atomic E-state index is -1.33. The molecule has 0 unspecified atom stereocenters. The zero-order chi connectivity index (χ0) is 27.8. The summed E-state index contributed by atoms with van der Waals surface area (Å²) in [6.07, 6.45) is -6.38. The van der Waals surface area contributed by atoms with Gasteiger partial charge in [0.2, 0.25) is 0 Å². The molecule has 13 nitrogen and oxygen atoms in total. The number of benzene rings is 1. The second-order valence-corrected chi connectivity index (χ2v) is 8.29. The maximum absolute atomic E-state index is 11.9. The summed E-state index contributed by atoms with van der Waals surface area (Å²) < 4.78 is 43.4. The molecule has 2 aromatic rings. The van der Waals surface area contributed by atoms with Crippen molar-refractivity contribution in [2.24, 2.45) is 0 Å². The highest BCUT2D eigenvalue weighted by molar-refractivity contribution is 5.68. The maximum Gasteiger partial charge on any atom is 0.303 e. The largest absolute Gasteiger partial charge is 0.497 e. The molecular weight excluding hydrogens is 506 g/mol. The molecule has 3 rings (SSSR count). The Morgan fingerprint density at radius 1 is 0.842 bits per heavy atom. The third-order valence-electron chi connectivity index (χ3n) is 5.28. The summed E-state index contributed by atoms with van der Waals surface area (Å²) >= 11 is 0. The molecule has 0 radical (unpaired) electrons. The van der Waals surface area contributed by atoms with E-state index in [9.17, 15) is 19.2 Å². The van der Waals surface area contributed by atoms with E-state index in [0.717, 1.165) is 26.3 Å². The number of esters is 4. The first-order valence-corrected chi connectivity index (χ1v) is 11.6. The van der Waals surface area contributed by atoms with Crippen molar-refractivity contribution in [2.75, 3.05) is 13.7 Å². The molecular formula is C25H29NO12. The molecule has 13 heteroatoms. The molecule has 0 saturated carbocycles. The van der Waals surface area contributed by atoms with Gasteiger partial charge in [-0.3, -0.25) is 19.2 Å². The van der Waals surface area contributed by atoms with Crippen LogP contribution in [-0.2, 0) is 54.2 Å². The normalized spacial score (nSPS) is 22.7. The molecule has 0 N–H and O–H groups in total. The number of carbonyl (C=O) groups excluding carboxylic acids is 4. The van der Waals surface area contributed by atoms with E-state index in [1.54, 1.807) is 37.4 Å². The molecule has 38 heavy (non-hydrogen) atoms. The minimum Gasteiger partial charge on any atom is -0.497 e. The van der Waals surface area contributed by atoms with Gasteiger partial charge in [-0.1, -0.05) is 5.16 Å². The van der Waals surface area contributed by atoms with Crippen molar-refractivity contribution in [2.45, 2.75) is 65.0 Å². The van der Waals surface area contributed by atoms with Crippen LogP contribution in [0.5, 0.6) is 5.75 Å². The van der Waals surface area contributed by atoms with E-state index in [2.05, 4.69) is 5.16 Å². The molecule has 0 amide bonds. The fraction of sp³-hybridized carbons (Fsp3) is 0.480. The summed E-state index contributed by atoms with van der Waals surface area (Å²) in [5.74, 6) is -1.82. The summed E-state index contributed by atoms with van der Waals surface area (Å²) in [6, 6.07) is 8.81. The summed E-state index contributed by atoms with van der Waals surface area (Å²) in [6.45, 7) is 4.07. The Hall–Kier alpha value is -3.97. The van der Waals surface area contributed by atoms with E-state index < -0.39 is 54.6 Å². The lowest BCUT2D eigenvalue weighted by Crippen LogP contribution is -2.62. The zero-order valence-electron chi connectivity index (χ0n) is 21.5. The van der Waals surface area contributed by atoms with Gasteiger partial charge in [0.1, 0.15) is 30.8 Å². The smallest absolute Gasteiger partial charge is 0.303 e. The molecule has 206 valence electrons. The molecule has 1 fully saturated rings. The van der Waals surface area contributed by atoms with Crippen LogP contribution in [0.4, 0.5) is 0 Å². The van der Waals surface area contributed by atoms with Crippen molar-refractivity contribution in [1.82, 2.24) is 5.16 Å². The van der Waals surface area contributed by atoms with Crippen LogP contribution in [0.2, 0.25) is 0 Å². The van der Waals surface area contributed by atoms with E-state index in [-0.39, 0.29) is 13.2 Å². The predicted octanol–water partition coefficient (Wildman–Crippen LogP) is 1.95. The molecule has 2 heterocycles. The quantitative estimate of drug-likeness (QED) is 0.321. The molecule has 5 atom stereocenters. The molecule has 1 aliphatic heterocycles. The van der Waals surface area contributed by atoms with Gasteiger partial charge in [-0.25, -0.2) is 0 Å². The number of aromatic nitrogens is 1. The van der Waals surface area contributed by atoms with Crippen LogP contribution in [0.1, 0.15) is 33.5 Å². The average Bonchev–Trinajstić information content (AvgIpc) is 3.33. The second-order valence-electron chi connectivity index (χ2n) is 8.29. The molecule has 1 aromatic carbocycles. The lowest BCUT2D eigenvalue weighted by Gasteiger charge is -2.43. The number of hydrogen-bond donors (Lipinski definition) is 0. The van der Waals surface area contributed by atoms with Crippen molar-refractivity contribution in [3.63, 3.8) is 0 Å². The number of hydrogen-bond acceptors (Lipinski definition) is 13. The van der Waals surface area contributed by atoms with Gasteiger partial charge in [0.15, 0.2) is 30.4 Å². The van der Waals surface area contributed by atoms with Gasteiger partial charge in [0.05, 0.1) is 7.11 Å². The molecule has 0 spiro atoms. The zero-order valence-corrected chi connectivity index (χ0v) is 21.5. The van der Waals surface area contributed by atoms with E-state index in [0.29, 0.717) is 17.2 Å². The third-order valence-corrected chi connectivity index (χ3v) is 5.28. The first kappa shape index (κ1) is 28.6. The van der Waals surface area contributed by atoms with Gasteiger partial charge >= 0.3 is 23.9 Å². The van der Waals surface area contributed by atoms with E-state index in [1.165, 1.54) is 6.92 Å². The average molecular weight is 536 g/mol. The van der Waals surface area contributed by atoms with Gasteiger partial charge in [-0.15, -0.1) is 0 Å². The number of carbonyl (C=O) groups is 4. The highest BCUT2D eigenvalue weighted by Crippen LogP contribution is 2.31. The molecule has 1 saturated heterocycles. The minimum absolute atomic E-state index is 0.184. The lowest BCUT2D eigenvalue weighted by atomic mass is 9.98. The standard InChI is InChI=1S/C25H29NO12/c1-13(27)32-12-21-22(34-14(2)28)23(35-15(3)29)24(36-16(4)30)25(37-21)33-11-19-10-20(26-38-19)17-6-8-18(31-5)9-7-17/h6-10,21-25H,11-12H2,1-5H3/t21-,22-,23-,24-,25+/m0/s1. The Bertz CT molecular complexity index is 1130. The monoisotopic (exact) mass is 535 g/mol. The van der Waals surface area contributed by atoms with Crippen molar-refractivity contribution in [1.29, 1.82) is 0 Å². The number of rotatable bonds is 10. The predicted molar refractivity (Wildman–Crippen MR) is 125 cm³/mol. The highest BCUT2D eigenvalue weighted by Gasteiger charge is 2.52. The van der Waals surface area contributed by atoms with Crippen LogP contribution in [0.3, 0.4) is 0 Å².